The van der Waals surface area contributed by atoms with Crippen LogP contribution in [0.5, 0.6) is 11.5 Å². The molecule has 4 amide bonds. The molecule has 2 N–H and O–H groups in total. The second-order valence-electron chi connectivity index (χ2n) is 8.87. The SMILES string of the molecule is C[C@@H]1CC(C)(C)C[C@]2(C1)NC(=O)N(CC(=O)Nc1ccc3c(c1)OCO3)C2=O. The molecule has 4 rings (SSSR count). The van der Waals surface area contributed by atoms with Crippen molar-refractivity contribution in [1.29, 1.82) is 0 Å². The molecule has 0 aromatic heterocycles. The number of hydrogen-bond acceptors (Lipinski definition) is 5. The van der Waals surface area contributed by atoms with Gasteiger partial charge in [0.05, 0.1) is 0 Å². The van der Waals surface area contributed by atoms with Gasteiger partial charge in [0.1, 0.15) is 12.1 Å². The number of rotatable bonds is 3. The number of carbonyl (C=O) groups is 3. The van der Waals surface area contributed by atoms with Gasteiger partial charge in [-0.05, 0) is 42.7 Å². The van der Waals surface area contributed by atoms with E-state index in [2.05, 4.69) is 31.4 Å². The third-order valence-corrected chi connectivity index (χ3v) is 5.58. The number of imide groups is 1. The molecule has 28 heavy (non-hydrogen) atoms. The summed E-state index contributed by atoms with van der Waals surface area (Å²) in [5.41, 5.74) is -0.439. The number of urea groups is 1. The number of hydrogen-bond donors (Lipinski definition) is 2. The first-order chi connectivity index (χ1) is 13.2. The Balaban J connectivity index is 1.45. The number of anilines is 1. The second kappa shape index (κ2) is 6.39. The molecule has 0 bridgehead atoms. The second-order valence-corrected chi connectivity index (χ2v) is 8.87. The minimum atomic E-state index is -0.905. The van der Waals surface area contributed by atoms with Crippen molar-refractivity contribution in [2.45, 2.75) is 45.6 Å². The summed E-state index contributed by atoms with van der Waals surface area (Å²) in [6, 6.07) is 4.53. The van der Waals surface area contributed by atoms with Crippen LogP contribution in [0.4, 0.5) is 10.5 Å². The first kappa shape index (κ1) is 18.6. The van der Waals surface area contributed by atoms with E-state index in [1.54, 1.807) is 18.2 Å². The van der Waals surface area contributed by atoms with Crippen molar-refractivity contribution in [3.8, 4) is 11.5 Å². The van der Waals surface area contributed by atoms with Gasteiger partial charge in [-0.3, -0.25) is 14.5 Å². The molecule has 1 saturated heterocycles. The average Bonchev–Trinajstić information content (AvgIpc) is 3.11. The zero-order valence-electron chi connectivity index (χ0n) is 16.3. The van der Waals surface area contributed by atoms with Gasteiger partial charge in [-0.25, -0.2) is 4.79 Å². The van der Waals surface area contributed by atoms with Crippen LogP contribution in [0.2, 0.25) is 0 Å². The number of nitrogens with zero attached hydrogens (tertiary/aromatic N) is 1. The molecule has 1 aromatic carbocycles. The quantitative estimate of drug-likeness (QED) is 0.777. The fourth-order valence-electron chi connectivity index (χ4n) is 4.97. The topological polar surface area (TPSA) is 97.0 Å². The molecule has 0 unspecified atom stereocenters. The molecule has 3 aliphatic rings. The Morgan fingerprint density at radius 1 is 1.25 bits per heavy atom. The van der Waals surface area contributed by atoms with Crippen LogP contribution in [-0.4, -0.2) is 41.6 Å². The van der Waals surface area contributed by atoms with Crippen molar-refractivity contribution in [2.75, 3.05) is 18.7 Å². The highest BCUT2D eigenvalue weighted by Crippen LogP contribution is 2.46. The third-order valence-electron chi connectivity index (χ3n) is 5.58. The molecule has 1 saturated carbocycles. The van der Waals surface area contributed by atoms with Gasteiger partial charge in [-0.1, -0.05) is 20.8 Å². The number of amides is 4. The number of carbonyl (C=O) groups excluding carboxylic acids is 3. The normalized spacial score (nSPS) is 27.8. The average molecular weight is 387 g/mol. The van der Waals surface area contributed by atoms with Crippen molar-refractivity contribution >= 4 is 23.5 Å². The van der Waals surface area contributed by atoms with Crippen LogP contribution in [0, 0.1) is 11.3 Å². The van der Waals surface area contributed by atoms with Crippen LogP contribution >= 0.6 is 0 Å². The van der Waals surface area contributed by atoms with Gasteiger partial charge in [0.2, 0.25) is 12.7 Å². The van der Waals surface area contributed by atoms with Gasteiger partial charge >= 0.3 is 6.03 Å². The fraction of sp³-hybridized carbons (Fsp3) is 0.550. The van der Waals surface area contributed by atoms with E-state index in [1.807, 2.05) is 0 Å². The number of nitrogens with one attached hydrogen (secondary N) is 2. The summed E-state index contributed by atoms with van der Waals surface area (Å²) in [5.74, 6) is 0.726. The van der Waals surface area contributed by atoms with Crippen molar-refractivity contribution in [3.05, 3.63) is 18.2 Å². The smallest absolute Gasteiger partial charge is 0.325 e. The van der Waals surface area contributed by atoms with Gasteiger partial charge in [-0.2, -0.15) is 0 Å². The van der Waals surface area contributed by atoms with E-state index in [9.17, 15) is 14.4 Å². The summed E-state index contributed by atoms with van der Waals surface area (Å²) >= 11 is 0. The molecule has 150 valence electrons. The van der Waals surface area contributed by atoms with Gasteiger partial charge < -0.3 is 20.1 Å². The van der Waals surface area contributed by atoms with E-state index in [-0.39, 0.29) is 24.7 Å². The monoisotopic (exact) mass is 387 g/mol. The van der Waals surface area contributed by atoms with E-state index in [1.165, 1.54) is 0 Å². The van der Waals surface area contributed by atoms with E-state index in [4.69, 9.17) is 9.47 Å². The minimum absolute atomic E-state index is 0.0502. The highest BCUT2D eigenvalue weighted by atomic mass is 16.7. The Hall–Kier alpha value is -2.77. The molecule has 1 spiro atoms. The van der Waals surface area contributed by atoms with Crippen molar-refractivity contribution in [1.82, 2.24) is 10.2 Å². The van der Waals surface area contributed by atoms with E-state index >= 15 is 0 Å². The molecule has 1 aromatic rings. The molecule has 8 heteroatoms. The lowest BCUT2D eigenvalue weighted by Gasteiger charge is -2.43. The molecule has 2 atom stereocenters. The predicted molar refractivity (Wildman–Crippen MR) is 101 cm³/mol. The number of fused-ring (bicyclic) bond motifs is 1. The van der Waals surface area contributed by atoms with Gasteiger partial charge in [-0.15, -0.1) is 0 Å². The lowest BCUT2D eigenvalue weighted by Crippen LogP contribution is -2.54. The van der Waals surface area contributed by atoms with Gasteiger partial charge in [0, 0.05) is 11.8 Å². The highest BCUT2D eigenvalue weighted by Gasteiger charge is 2.56. The highest BCUT2D eigenvalue weighted by molar-refractivity contribution is 6.10. The number of benzene rings is 1. The Bertz CT molecular complexity index is 852. The third kappa shape index (κ3) is 3.27. The van der Waals surface area contributed by atoms with Crippen LogP contribution in [0.1, 0.15) is 40.0 Å². The molecule has 2 fully saturated rings. The predicted octanol–water partition coefficient (Wildman–Crippen LogP) is 2.49. The summed E-state index contributed by atoms with van der Waals surface area (Å²) in [5, 5.41) is 5.59. The van der Waals surface area contributed by atoms with Crippen molar-refractivity contribution in [3.63, 3.8) is 0 Å². The Labute approximate surface area is 163 Å². The van der Waals surface area contributed by atoms with Crippen molar-refractivity contribution < 1.29 is 23.9 Å². The molecular weight excluding hydrogens is 362 g/mol. The largest absolute Gasteiger partial charge is 0.454 e. The van der Waals surface area contributed by atoms with Crippen molar-refractivity contribution in [2.24, 2.45) is 11.3 Å². The molecule has 1 aliphatic carbocycles. The van der Waals surface area contributed by atoms with Crippen LogP contribution in [0.3, 0.4) is 0 Å². The van der Waals surface area contributed by atoms with Crippen LogP contribution < -0.4 is 20.1 Å². The zero-order valence-corrected chi connectivity index (χ0v) is 16.3. The summed E-state index contributed by atoms with van der Waals surface area (Å²) in [6.07, 6.45) is 2.18. The summed E-state index contributed by atoms with van der Waals surface area (Å²) in [4.78, 5) is 39.1. The maximum Gasteiger partial charge on any atom is 0.325 e. The number of ether oxygens (including phenoxy) is 2. The molecule has 0 radical (unpaired) electrons. The fourth-order valence-corrected chi connectivity index (χ4v) is 4.97. The van der Waals surface area contributed by atoms with E-state index in [0.717, 1.165) is 11.3 Å². The maximum atomic E-state index is 13.1. The van der Waals surface area contributed by atoms with Crippen LogP contribution in [0.25, 0.3) is 0 Å². The van der Waals surface area contributed by atoms with Crippen LogP contribution in [0.15, 0.2) is 18.2 Å². The molecule has 2 aliphatic heterocycles. The lowest BCUT2D eigenvalue weighted by atomic mass is 9.64. The lowest BCUT2D eigenvalue weighted by molar-refractivity contribution is -0.136. The Kier molecular flexibility index (Phi) is 4.24. The summed E-state index contributed by atoms with van der Waals surface area (Å²) in [6.45, 7) is 6.14. The first-order valence-electron chi connectivity index (χ1n) is 9.51. The van der Waals surface area contributed by atoms with E-state index < -0.39 is 17.5 Å². The van der Waals surface area contributed by atoms with Gasteiger partial charge in [0.25, 0.3) is 5.91 Å². The molecular formula is C20H25N3O5. The Morgan fingerprint density at radius 3 is 2.75 bits per heavy atom. The first-order valence-corrected chi connectivity index (χ1v) is 9.51. The Morgan fingerprint density at radius 2 is 2.00 bits per heavy atom. The summed E-state index contributed by atoms with van der Waals surface area (Å²) in [7, 11) is 0. The standard InChI is InChI=1S/C20H25N3O5/c1-12-7-19(2,3)10-20(8-12)17(25)23(18(26)22-20)9-16(24)21-13-4-5-14-15(6-13)28-11-27-14/h4-6,12H,7-11H2,1-3H3,(H,21,24)(H,22,26)/t12-,20+/m1/s1. The van der Waals surface area contributed by atoms with Gasteiger partial charge in [0.15, 0.2) is 11.5 Å². The van der Waals surface area contributed by atoms with E-state index in [0.29, 0.717) is 35.9 Å². The molecule has 8 nitrogen and oxygen atoms in total. The minimum Gasteiger partial charge on any atom is -0.454 e. The van der Waals surface area contributed by atoms with Crippen LogP contribution in [-0.2, 0) is 9.59 Å². The zero-order chi connectivity index (χ0) is 20.1. The summed E-state index contributed by atoms with van der Waals surface area (Å²) < 4.78 is 10.5. The maximum absolute atomic E-state index is 13.1. The molecule has 2 heterocycles.